The third kappa shape index (κ3) is 2.97. The van der Waals surface area contributed by atoms with E-state index in [1.807, 2.05) is 0 Å². The van der Waals surface area contributed by atoms with E-state index >= 15 is 0 Å². The second kappa shape index (κ2) is 3.92. The molecule has 0 aromatic carbocycles. The van der Waals surface area contributed by atoms with Crippen molar-refractivity contribution >= 4 is 25.0 Å². The molecule has 0 radical (unpaired) electrons. The van der Waals surface area contributed by atoms with Gasteiger partial charge in [-0.3, -0.25) is 4.79 Å². The van der Waals surface area contributed by atoms with Crippen LogP contribution < -0.4 is 10.8 Å². The minimum Gasteiger partial charge on any atom is -0.311 e. The van der Waals surface area contributed by atoms with Crippen molar-refractivity contribution in [3.8, 4) is 0 Å². The minimum absolute atomic E-state index is 0.0246. The Labute approximate surface area is 85.1 Å². The van der Waals surface area contributed by atoms with E-state index < -0.39 is 17.6 Å². The molecule has 0 bridgehead atoms. The van der Waals surface area contributed by atoms with Gasteiger partial charge in [0, 0.05) is 13.1 Å². The zero-order valence-electron chi connectivity index (χ0n) is 8.14. The first kappa shape index (κ1) is 11.5. The fraction of sp³-hybridized carbons (Fsp3) is 0.250. The number of nitrogens with zero attached hydrogens (tertiary/aromatic N) is 1. The third-order valence-electron chi connectivity index (χ3n) is 1.71. The van der Waals surface area contributed by atoms with Gasteiger partial charge in [0.1, 0.15) is 13.7 Å². The number of carbonyl (C=O) groups is 1. The summed E-state index contributed by atoms with van der Waals surface area (Å²) in [6.45, 7) is 1.20. The van der Waals surface area contributed by atoms with E-state index in [-0.39, 0.29) is 11.3 Å². The lowest BCUT2D eigenvalue weighted by Gasteiger charge is -2.11. The summed E-state index contributed by atoms with van der Waals surface area (Å²) in [5.41, 5.74) is -0.766. The average molecular weight is 216 g/mol. The highest BCUT2D eigenvalue weighted by Crippen LogP contribution is 2.28. The van der Waals surface area contributed by atoms with E-state index in [1.165, 1.54) is 14.8 Å². The van der Waals surface area contributed by atoms with Gasteiger partial charge in [-0.15, -0.1) is 0 Å². The van der Waals surface area contributed by atoms with Crippen LogP contribution in [-0.2, 0) is 11.0 Å². The zero-order valence-corrected chi connectivity index (χ0v) is 8.14. The molecule has 80 valence electrons. The average Bonchev–Trinajstić information content (AvgIpc) is 2.05. The Bertz CT molecular complexity index is 392. The van der Waals surface area contributed by atoms with Gasteiger partial charge in [-0.05, 0) is 6.07 Å². The van der Waals surface area contributed by atoms with Crippen LogP contribution >= 0.6 is 0 Å². The molecule has 0 saturated carbocycles. The first-order valence-electron chi connectivity index (χ1n) is 4.12. The molecular weight excluding hydrogens is 208 g/mol. The second-order valence-corrected chi connectivity index (χ2v) is 3.06. The zero-order chi connectivity index (χ0) is 11.6. The lowest BCUT2D eigenvalue weighted by Crippen LogP contribution is -2.21. The highest BCUT2D eigenvalue weighted by atomic mass is 19.4. The molecule has 0 aliphatic carbocycles. The highest BCUT2D eigenvalue weighted by molar-refractivity contribution is 6.33. The predicted molar refractivity (Wildman–Crippen MR) is 51.7 cm³/mol. The van der Waals surface area contributed by atoms with Gasteiger partial charge < -0.3 is 5.32 Å². The molecule has 1 aromatic rings. The standard InChI is InChI=1S/C8H8BF3N2O/c1-4(15)14-7-2-5(8(10,11)12)6(9)3-13-7/h2-3H,9H2,1H3,(H,13,14,15). The highest BCUT2D eigenvalue weighted by Gasteiger charge is 2.32. The summed E-state index contributed by atoms with van der Waals surface area (Å²) < 4.78 is 37.3. The molecule has 0 unspecified atom stereocenters. The van der Waals surface area contributed by atoms with Gasteiger partial charge in [-0.25, -0.2) is 4.98 Å². The molecule has 0 aliphatic heterocycles. The van der Waals surface area contributed by atoms with Crippen LogP contribution in [0.5, 0.6) is 0 Å². The summed E-state index contributed by atoms with van der Waals surface area (Å²) in [6.07, 6.45) is -3.35. The maximum atomic E-state index is 12.4. The Kier molecular flexibility index (Phi) is 3.02. The molecular formula is C8H8BF3N2O. The Balaban J connectivity index is 3.11. The first-order chi connectivity index (χ1) is 6.80. The Morgan fingerprint density at radius 3 is 2.60 bits per heavy atom. The third-order valence-corrected chi connectivity index (χ3v) is 1.71. The molecule has 0 aliphatic rings. The smallest absolute Gasteiger partial charge is 0.311 e. The van der Waals surface area contributed by atoms with E-state index in [4.69, 9.17) is 0 Å². The monoisotopic (exact) mass is 216 g/mol. The van der Waals surface area contributed by atoms with Crippen LogP contribution in [0.3, 0.4) is 0 Å². The van der Waals surface area contributed by atoms with Crippen LogP contribution in [-0.4, -0.2) is 18.7 Å². The quantitative estimate of drug-likeness (QED) is 0.686. The van der Waals surface area contributed by atoms with Gasteiger partial charge in [0.05, 0.1) is 5.56 Å². The minimum atomic E-state index is -4.43. The number of hydrogen-bond acceptors (Lipinski definition) is 2. The van der Waals surface area contributed by atoms with Gasteiger partial charge >= 0.3 is 6.18 Å². The maximum absolute atomic E-state index is 12.4. The molecule has 0 atom stereocenters. The lowest BCUT2D eigenvalue weighted by molar-refractivity contribution is -0.136. The molecule has 0 fully saturated rings. The molecule has 7 heteroatoms. The summed E-state index contributed by atoms with van der Waals surface area (Å²) in [4.78, 5) is 14.3. The van der Waals surface area contributed by atoms with Crippen molar-refractivity contribution in [1.82, 2.24) is 4.98 Å². The van der Waals surface area contributed by atoms with E-state index in [0.29, 0.717) is 0 Å². The fourth-order valence-corrected chi connectivity index (χ4v) is 1.08. The number of carbonyl (C=O) groups excluding carboxylic acids is 1. The van der Waals surface area contributed by atoms with E-state index in [9.17, 15) is 18.0 Å². The van der Waals surface area contributed by atoms with Crippen LogP contribution in [0.25, 0.3) is 0 Å². The fourth-order valence-electron chi connectivity index (χ4n) is 1.08. The first-order valence-corrected chi connectivity index (χ1v) is 4.12. The maximum Gasteiger partial charge on any atom is 0.416 e. The van der Waals surface area contributed by atoms with Crippen LogP contribution in [0.1, 0.15) is 12.5 Å². The number of rotatable bonds is 1. The molecule has 1 amide bonds. The van der Waals surface area contributed by atoms with Crippen molar-refractivity contribution in [3.63, 3.8) is 0 Å². The molecule has 1 heterocycles. The van der Waals surface area contributed by atoms with Gasteiger partial charge in [0.2, 0.25) is 5.91 Å². The van der Waals surface area contributed by atoms with Crippen molar-refractivity contribution in [3.05, 3.63) is 17.8 Å². The molecule has 0 saturated heterocycles. The van der Waals surface area contributed by atoms with Crippen LogP contribution in [0.4, 0.5) is 19.0 Å². The number of anilines is 1. The number of amides is 1. The van der Waals surface area contributed by atoms with Crippen molar-refractivity contribution in [2.24, 2.45) is 0 Å². The number of alkyl halides is 3. The largest absolute Gasteiger partial charge is 0.416 e. The molecule has 0 spiro atoms. The lowest BCUT2D eigenvalue weighted by atomic mass is 9.92. The van der Waals surface area contributed by atoms with Crippen molar-refractivity contribution in [2.45, 2.75) is 13.1 Å². The summed E-state index contributed by atoms with van der Waals surface area (Å²) in [7, 11) is 1.31. The predicted octanol–water partition coefficient (Wildman–Crippen LogP) is 0.317. The van der Waals surface area contributed by atoms with Crippen molar-refractivity contribution in [2.75, 3.05) is 5.32 Å². The van der Waals surface area contributed by atoms with Crippen LogP contribution in [0.2, 0.25) is 0 Å². The summed E-state index contributed by atoms with van der Waals surface area (Å²) in [5, 5.41) is 2.19. The summed E-state index contributed by atoms with van der Waals surface area (Å²) in [5.74, 6) is -0.556. The summed E-state index contributed by atoms with van der Waals surface area (Å²) >= 11 is 0. The van der Waals surface area contributed by atoms with Gasteiger partial charge in [-0.1, -0.05) is 5.46 Å². The van der Waals surface area contributed by atoms with Crippen molar-refractivity contribution < 1.29 is 18.0 Å². The Morgan fingerprint density at radius 1 is 1.53 bits per heavy atom. The summed E-state index contributed by atoms with van der Waals surface area (Å²) in [6, 6.07) is 0.816. The Hall–Kier alpha value is -1.53. The molecule has 15 heavy (non-hydrogen) atoms. The number of nitrogens with one attached hydrogen (secondary N) is 1. The normalized spacial score (nSPS) is 11.2. The topological polar surface area (TPSA) is 42.0 Å². The molecule has 1 aromatic heterocycles. The van der Waals surface area contributed by atoms with Gasteiger partial charge in [0.15, 0.2) is 0 Å². The van der Waals surface area contributed by atoms with E-state index in [1.54, 1.807) is 0 Å². The molecule has 1 rings (SSSR count). The number of pyridine rings is 1. The van der Waals surface area contributed by atoms with Crippen LogP contribution in [0.15, 0.2) is 12.3 Å². The van der Waals surface area contributed by atoms with Crippen molar-refractivity contribution in [1.29, 1.82) is 0 Å². The number of aromatic nitrogens is 1. The Morgan fingerprint density at radius 2 is 2.13 bits per heavy atom. The van der Waals surface area contributed by atoms with Gasteiger partial charge in [0.25, 0.3) is 0 Å². The SMILES string of the molecule is Bc1cnc(NC(C)=O)cc1C(F)(F)F. The molecule has 3 nitrogen and oxygen atoms in total. The molecule has 1 N–H and O–H groups in total. The second-order valence-electron chi connectivity index (χ2n) is 3.06. The number of halogens is 3. The van der Waals surface area contributed by atoms with Crippen LogP contribution in [0, 0.1) is 0 Å². The number of hydrogen-bond donors (Lipinski definition) is 1. The van der Waals surface area contributed by atoms with E-state index in [0.717, 1.165) is 12.3 Å². The van der Waals surface area contributed by atoms with E-state index in [2.05, 4.69) is 10.3 Å². The van der Waals surface area contributed by atoms with Gasteiger partial charge in [-0.2, -0.15) is 13.2 Å².